The Hall–Kier alpha value is -0.610. The highest BCUT2D eigenvalue weighted by molar-refractivity contribution is 5.77. The monoisotopic (exact) mass is 268 g/mol. The van der Waals surface area contributed by atoms with Gasteiger partial charge in [0.1, 0.15) is 0 Å². The second-order valence-corrected chi connectivity index (χ2v) is 6.59. The quantitative estimate of drug-likeness (QED) is 0.723. The van der Waals surface area contributed by atoms with Crippen molar-refractivity contribution in [3.63, 3.8) is 0 Å². The Kier molecular flexibility index (Phi) is 5.22. The minimum Gasteiger partial charge on any atom is -0.394 e. The fourth-order valence-corrected chi connectivity index (χ4v) is 3.65. The summed E-state index contributed by atoms with van der Waals surface area (Å²) in [5.41, 5.74) is -0.346. The minimum absolute atomic E-state index is 0.0787. The first-order chi connectivity index (χ1) is 9.13. The van der Waals surface area contributed by atoms with Crippen molar-refractivity contribution < 1.29 is 9.90 Å². The molecule has 4 heteroatoms. The molecule has 19 heavy (non-hydrogen) atoms. The van der Waals surface area contributed by atoms with Crippen LogP contribution in [0.1, 0.15) is 51.9 Å². The predicted octanol–water partition coefficient (Wildman–Crippen LogP) is 1.43. The van der Waals surface area contributed by atoms with E-state index >= 15 is 0 Å². The topological polar surface area (TPSA) is 61.4 Å². The van der Waals surface area contributed by atoms with E-state index in [1.165, 1.54) is 6.42 Å². The summed E-state index contributed by atoms with van der Waals surface area (Å²) in [6.45, 7) is 4.35. The van der Waals surface area contributed by atoms with Gasteiger partial charge in [-0.15, -0.1) is 0 Å². The number of nitrogens with one attached hydrogen (secondary N) is 2. The molecule has 0 spiro atoms. The van der Waals surface area contributed by atoms with Gasteiger partial charge in [0.25, 0.3) is 0 Å². The number of aliphatic hydroxyl groups excluding tert-OH is 1. The third-order valence-corrected chi connectivity index (χ3v) is 4.73. The van der Waals surface area contributed by atoms with Crippen molar-refractivity contribution in [1.82, 2.24) is 10.6 Å². The molecule has 2 rings (SSSR count). The maximum atomic E-state index is 12.2. The van der Waals surface area contributed by atoms with Crippen LogP contribution < -0.4 is 10.6 Å². The van der Waals surface area contributed by atoms with E-state index in [2.05, 4.69) is 17.6 Å². The first-order valence-electron chi connectivity index (χ1n) is 7.76. The van der Waals surface area contributed by atoms with Gasteiger partial charge in [0.05, 0.1) is 12.1 Å². The predicted molar refractivity (Wildman–Crippen MR) is 75.8 cm³/mol. The third-order valence-electron chi connectivity index (χ3n) is 4.73. The summed E-state index contributed by atoms with van der Waals surface area (Å²) in [7, 11) is 0. The molecule has 1 aliphatic carbocycles. The Labute approximate surface area is 116 Å². The van der Waals surface area contributed by atoms with E-state index in [-0.39, 0.29) is 18.1 Å². The third kappa shape index (κ3) is 4.18. The van der Waals surface area contributed by atoms with E-state index < -0.39 is 0 Å². The lowest BCUT2D eigenvalue weighted by Crippen LogP contribution is -2.54. The van der Waals surface area contributed by atoms with Crippen molar-refractivity contribution >= 4 is 5.91 Å². The summed E-state index contributed by atoms with van der Waals surface area (Å²) in [5.74, 6) is 1.24. The molecule has 1 aliphatic heterocycles. The molecule has 0 aromatic carbocycles. The van der Waals surface area contributed by atoms with E-state index in [9.17, 15) is 9.90 Å². The van der Waals surface area contributed by atoms with Gasteiger partial charge >= 0.3 is 0 Å². The van der Waals surface area contributed by atoms with Gasteiger partial charge in [-0.2, -0.15) is 0 Å². The van der Waals surface area contributed by atoms with Crippen LogP contribution in [-0.2, 0) is 4.79 Å². The van der Waals surface area contributed by atoms with Gasteiger partial charge in [-0.3, -0.25) is 4.79 Å². The lowest BCUT2D eigenvalue weighted by atomic mass is 9.76. The highest BCUT2D eigenvalue weighted by Gasteiger charge is 2.36. The number of hydrogen-bond donors (Lipinski definition) is 3. The minimum atomic E-state index is -0.346. The van der Waals surface area contributed by atoms with Gasteiger partial charge in [0, 0.05) is 6.42 Å². The standard InChI is InChI=1S/C15H28N2O2/c1-12-3-2-6-15(10-12,11-18)17-14(19)9-13-4-7-16-8-5-13/h12-13,16,18H,2-11H2,1H3,(H,17,19). The fraction of sp³-hybridized carbons (Fsp3) is 0.933. The Morgan fingerprint density at radius 3 is 2.74 bits per heavy atom. The highest BCUT2D eigenvalue weighted by atomic mass is 16.3. The second kappa shape index (κ2) is 6.71. The highest BCUT2D eigenvalue weighted by Crippen LogP contribution is 2.32. The number of carbonyl (C=O) groups excluding carboxylic acids is 1. The number of carbonyl (C=O) groups is 1. The van der Waals surface area contributed by atoms with Crippen molar-refractivity contribution in [3.05, 3.63) is 0 Å². The molecule has 1 saturated carbocycles. The van der Waals surface area contributed by atoms with Crippen LogP contribution in [0, 0.1) is 11.8 Å². The van der Waals surface area contributed by atoms with Gasteiger partial charge < -0.3 is 15.7 Å². The van der Waals surface area contributed by atoms with Crippen LogP contribution in [0.5, 0.6) is 0 Å². The molecule has 1 heterocycles. The molecule has 110 valence electrons. The molecular weight excluding hydrogens is 240 g/mol. The van der Waals surface area contributed by atoms with E-state index in [1.807, 2.05) is 0 Å². The molecule has 3 N–H and O–H groups in total. The fourth-order valence-electron chi connectivity index (χ4n) is 3.65. The number of hydrogen-bond acceptors (Lipinski definition) is 3. The first kappa shape index (κ1) is 14.8. The Balaban J connectivity index is 1.84. The number of amides is 1. The number of rotatable bonds is 4. The lowest BCUT2D eigenvalue weighted by Gasteiger charge is -2.39. The Morgan fingerprint density at radius 1 is 1.37 bits per heavy atom. The van der Waals surface area contributed by atoms with Gasteiger partial charge in [0.2, 0.25) is 5.91 Å². The first-order valence-corrected chi connectivity index (χ1v) is 7.76. The number of aliphatic hydroxyl groups is 1. The van der Waals surface area contributed by atoms with Crippen LogP contribution in [0.4, 0.5) is 0 Å². The molecule has 1 amide bonds. The molecular formula is C15H28N2O2. The zero-order valence-corrected chi connectivity index (χ0v) is 12.1. The molecule has 1 saturated heterocycles. The zero-order chi connectivity index (χ0) is 13.7. The van der Waals surface area contributed by atoms with Crippen molar-refractivity contribution in [2.75, 3.05) is 19.7 Å². The SMILES string of the molecule is CC1CCCC(CO)(NC(=O)CC2CCNCC2)C1. The average Bonchev–Trinajstić information content (AvgIpc) is 2.39. The average molecular weight is 268 g/mol. The summed E-state index contributed by atoms with van der Waals surface area (Å²) in [4.78, 5) is 12.2. The molecule has 2 fully saturated rings. The lowest BCUT2D eigenvalue weighted by molar-refractivity contribution is -0.125. The Bertz CT molecular complexity index is 303. The zero-order valence-electron chi connectivity index (χ0n) is 12.1. The Morgan fingerprint density at radius 2 is 2.11 bits per heavy atom. The second-order valence-electron chi connectivity index (χ2n) is 6.59. The van der Waals surface area contributed by atoms with Crippen molar-refractivity contribution in [2.24, 2.45) is 11.8 Å². The van der Waals surface area contributed by atoms with Gasteiger partial charge in [-0.1, -0.05) is 19.8 Å². The normalized spacial score (nSPS) is 33.1. The van der Waals surface area contributed by atoms with Crippen molar-refractivity contribution in [1.29, 1.82) is 0 Å². The van der Waals surface area contributed by atoms with Crippen molar-refractivity contribution in [3.8, 4) is 0 Å². The van der Waals surface area contributed by atoms with E-state index in [0.717, 1.165) is 45.2 Å². The van der Waals surface area contributed by atoms with Gasteiger partial charge in [-0.25, -0.2) is 0 Å². The molecule has 0 radical (unpaired) electrons. The summed E-state index contributed by atoms with van der Waals surface area (Å²) < 4.78 is 0. The molecule has 4 nitrogen and oxygen atoms in total. The summed E-state index contributed by atoms with van der Waals surface area (Å²) in [6.07, 6.45) is 6.97. The molecule has 2 aliphatic rings. The van der Waals surface area contributed by atoms with Crippen LogP contribution in [0.2, 0.25) is 0 Å². The van der Waals surface area contributed by atoms with E-state index in [4.69, 9.17) is 0 Å². The van der Waals surface area contributed by atoms with Crippen LogP contribution >= 0.6 is 0 Å². The van der Waals surface area contributed by atoms with Gasteiger partial charge in [0.15, 0.2) is 0 Å². The van der Waals surface area contributed by atoms with Crippen LogP contribution in [0.3, 0.4) is 0 Å². The molecule has 0 bridgehead atoms. The maximum absolute atomic E-state index is 12.2. The molecule has 2 atom stereocenters. The largest absolute Gasteiger partial charge is 0.394 e. The van der Waals surface area contributed by atoms with Crippen LogP contribution in [0.25, 0.3) is 0 Å². The molecule has 0 aromatic heterocycles. The number of piperidine rings is 1. The van der Waals surface area contributed by atoms with Crippen LogP contribution in [0.15, 0.2) is 0 Å². The summed E-state index contributed by atoms with van der Waals surface area (Å²) >= 11 is 0. The van der Waals surface area contributed by atoms with Gasteiger partial charge in [-0.05, 0) is 50.6 Å². The van der Waals surface area contributed by atoms with Crippen LogP contribution in [-0.4, -0.2) is 36.2 Å². The van der Waals surface area contributed by atoms with E-state index in [0.29, 0.717) is 18.3 Å². The van der Waals surface area contributed by atoms with Crippen molar-refractivity contribution in [2.45, 2.75) is 57.4 Å². The van der Waals surface area contributed by atoms with E-state index in [1.54, 1.807) is 0 Å². The molecule has 0 aromatic rings. The maximum Gasteiger partial charge on any atom is 0.220 e. The summed E-state index contributed by atoms with van der Waals surface area (Å²) in [6, 6.07) is 0. The smallest absolute Gasteiger partial charge is 0.220 e. The molecule has 2 unspecified atom stereocenters. The summed E-state index contributed by atoms with van der Waals surface area (Å²) in [5, 5.41) is 16.2.